The van der Waals surface area contributed by atoms with Crippen LogP contribution in [0.5, 0.6) is 5.75 Å². The van der Waals surface area contributed by atoms with Crippen LogP contribution in [-0.2, 0) is 11.2 Å². The van der Waals surface area contributed by atoms with Crippen molar-refractivity contribution >= 4 is 5.78 Å². The van der Waals surface area contributed by atoms with Crippen LogP contribution >= 0.6 is 0 Å². The Morgan fingerprint density at radius 2 is 2.25 bits per heavy atom. The van der Waals surface area contributed by atoms with Crippen LogP contribution in [0.3, 0.4) is 0 Å². The van der Waals surface area contributed by atoms with E-state index in [0.29, 0.717) is 6.42 Å². The summed E-state index contributed by atoms with van der Waals surface area (Å²) in [5.41, 5.74) is -0.0228. The third kappa shape index (κ3) is 2.60. The summed E-state index contributed by atoms with van der Waals surface area (Å²) in [6, 6.07) is 9.50. The van der Waals surface area contributed by atoms with Crippen LogP contribution in [0.15, 0.2) is 24.3 Å². The number of benzene rings is 1. The van der Waals surface area contributed by atoms with Crippen molar-refractivity contribution in [1.29, 1.82) is 5.26 Å². The highest BCUT2D eigenvalue weighted by atomic mass is 16.5. The Labute approximate surface area is 95.7 Å². The normalized spacial score (nSPS) is 13.6. The molecule has 1 aromatic carbocycles. The summed E-state index contributed by atoms with van der Waals surface area (Å²) >= 11 is 0. The Morgan fingerprint density at radius 3 is 2.75 bits per heavy atom. The average Bonchev–Trinajstić information content (AvgIpc) is 2.29. The number of nitrogens with zero attached hydrogens (tertiary/aromatic N) is 1. The van der Waals surface area contributed by atoms with Gasteiger partial charge in [-0.05, 0) is 38.0 Å². The van der Waals surface area contributed by atoms with Crippen molar-refractivity contribution in [2.24, 2.45) is 5.41 Å². The van der Waals surface area contributed by atoms with Crippen molar-refractivity contribution in [2.45, 2.75) is 20.3 Å². The van der Waals surface area contributed by atoms with Gasteiger partial charge < -0.3 is 4.74 Å². The lowest BCUT2D eigenvalue weighted by atomic mass is 9.82. The number of carbonyl (C=O) groups is 1. The molecule has 0 aliphatic heterocycles. The van der Waals surface area contributed by atoms with Crippen LogP contribution < -0.4 is 4.74 Å². The Morgan fingerprint density at radius 1 is 1.56 bits per heavy atom. The molecule has 0 fully saturated rings. The standard InChI is InChI=1S/C13H15NO2/c1-10(15)13(2,9-14)8-11-5-4-6-12(7-11)16-3/h4-7H,8H2,1-3H3. The van der Waals surface area contributed by atoms with Gasteiger partial charge in [-0.1, -0.05) is 12.1 Å². The third-order valence-corrected chi connectivity index (χ3v) is 2.72. The van der Waals surface area contributed by atoms with E-state index < -0.39 is 5.41 Å². The summed E-state index contributed by atoms with van der Waals surface area (Å²) < 4.78 is 5.10. The molecule has 84 valence electrons. The van der Waals surface area contributed by atoms with Gasteiger partial charge in [0.1, 0.15) is 16.9 Å². The van der Waals surface area contributed by atoms with Gasteiger partial charge in [0.15, 0.2) is 0 Å². The Kier molecular flexibility index (Phi) is 3.68. The van der Waals surface area contributed by atoms with Gasteiger partial charge in [-0.15, -0.1) is 0 Å². The maximum atomic E-state index is 11.4. The summed E-state index contributed by atoms with van der Waals surface area (Å²) in [6.07, 6.45) is 0.413. The molecule has 0 radical (unpaired) electrons. The van der Waals surface area contributed by atoms with Gasteiger partial charge in [0, 0.05) is 0 Å². The van der Waals surface area contributed by atoms with Gasteiger partial charge >= 0.3 is 0 Å². The Hall–Kier alpha value is -1.82. The molecule has 0 heterocycles. The summed E-state index contributed by atoms with van der Waals surface area (Å²) in [7, 11) is 1.59. The molecule has 0 aliphatic rings. The first-order valence-electron chi connectivity index (χ1n) is 5.07. The average molecular weight is 217 g/mol. The second-order valence-electron chi connectivity index (χ2n) is 4.03. The summed E-state index contributed by atoms with van der Waals surface area (Å²) in [5.74, 6) is 0.624. The highest BCUT2D eigenvalue weighted by Gasteiger charge is 2.29. The zero-order valence-corrected chi connectivity index (χ0v) is 9.78. The minimum Gasteiger partial charge on any atom is -0.497 e. The zero-order chi connectivity index (χ0) is 12.2. The van der Waals surface area contributed by atoms with Gasteiger partial charge in [-0.3, -0.25) is 4.79 Å². The molecule has 0 saturated heterocycles. The fraction of sp³-hybridized carbons (Fsp3) is 0.385. The van der Waals surface area contributed by atoms with E-state index in [9.17, 15) is 4.79 Å². The van der Waals surface area contributed by atoms with Crippen molar-refractivity contribution in [1.82, 2.24) is 0 Å². The molecule has 0 spiro atoms. The number of ketones is 1. The monoisotopic (exact) mass is 217 g/mol. The molecule has 0 bridgehead atoms. The SMILES string of the molecule is COc1cccc(CC(C)(C#N)C(C)=O)c1. The fourth-order valence-electron chi connectivity index (χ4n) is 1.43. The van der Waals surface area contributed by atoms with E-state index in [1.807, 2.05) is 24.3 Å². The molecule has 16 heavy (non-hydrogen) atoms. The van der Waals surface area contributed by atoms with Gasteiger partial charge in [0.05, 0.1) is 13.2 Å². The second kappa shape index (κ2) is 4.80. The van der Waals surface area contributed by atoms with Crippen molar-refractivity contribution in [3.05, 3.63) is 29.8 Å². The highest BCUT2D eigenvalue weighted by Crippen LogP contribution is 2.24. The van der Waals surface area contributed by atoms with Crippen LogP contribution in [-0.4, -0.2) is 12.9 Å². The van der Waals surface area contributed by atoms with Crippen LogP contribution in [0.25, 0.3) is 0 Å². The number of hydrogen-bond donors (Lipinski definition) is 0. The fourth-order valence-corrected chi connectivity index (χ4v) is 1.43. The molecule has 0 amide bonds. The topological polar surface area (TPSA) is 50.1 Å². The van der Waals surface area contributed by atoms with Gasteiger partial charge in [0.2, 0.25) is 0 Å². The van der Waals surface area contributed by atoms with Crippen molar-refractivity contribution < 1.29 is 9.53 Å². The summed E-state index contributed by atoms with van der Waals surface area (Å²) in [4.78, 5) is 11.4. The number of ether oxygens (including phenoxy) is 1. The van der Waals surface area contributed by atoms with E-state index in [1.54, 1.807) is 14.0 Å². The van der Waals surface area contributed by atoms with E-state index in [4.69, 9.17) is 10.00 Å². The van der Waals surface area contributed by atoms with Gasteiger partial charge in [-0.25, -0.2) is 0 Å². The van der Waals surface area contributed by atoms with Crippen LogP contribution in [0, 0.1) is 16.7 Å². The van der Waals surface area contributed by atoms with E-state index in [1.165, 1.54) is 6.92 Å². The summed E-state index contributed by atoms with van der Waals surface area (Å²) in [5, 5.41) is 9.04. The maximum Gasteiger partial charge on any atom is 0.150 e. The molecule has 1 atom stereocenters. The van der Waals surface area contributed by atoms with Crippen molar-refractivity contribution in [3.63, 3.8) is 0 Å². The first-order chi connectivity index (χ1) is 7.51. The molecule has 0 aromatic heterocycles. The molecule has 0 N–H and O–H groups in total. The molecule has 1 unspecified atom stereocenters. The lowest BCUT2D eigenvalue weighted by molar-refractivity contribution is -0.123. The Balaban J connectivity index is 2.95. The highest BCUT2D eigenvalue weighted by molar-refractivity contribution is 5.85. The smallest absolute Gasteiger partial charge is 0.150 e. The first kappa shape index (κ1) is 12.3. The maximum absolute atomic E-state index is 11.4. The van der Waals surface area contributed by atoms with Gasteiger partial charge in [0.25, 0.3) is 0 Å². The minimum absolute atomic E-state index is 0.113. The molecular weight excluding hydrogens is 202 g/mol. The van der Waals surface area contributed by atoms with Gasteiger partial charge in [-0.2, -0.15) is 5.26 Å². The third-order valence-electron chi connectivity index (χ3n) is 2.72. The number of carbonyl (C=O) groups excluding carboxylic acids is 1. The summed E-state index contributed by atoms with van der Waals surface area (Å²) in [6.45, 7) is 3.11. The zero-order valence-electron chi connectivity index (χ0n) is 9.78. The predicted octanol–water partition coefficient (Wildman–Crippen LogP) is 2.36. The molecule has 1 rings (SSSR count). The first-order valence-corrected chi connectivity index (χ1v) is 5.07. The molecule has 0 saturated carbocycles. The van der Waals surface area contributed by atoms with Crippen molar-refractivity contribution in [3.8, 4) is 11.8 Å². The molecular formula is C13H15NO2. The van der Waals surface area contributed by atoms with E-state index >= 15 is 0 Å². The van der Waals surface area contributed by atoms with E-state index in [2.05, 4.69) is 6.07 Å². The molecule has 1 aromatic rings. The number of hydrogen-bond acceptors (Lipinski definition) is 3. The van der Waals surface area contributed by atoms with Crippen LogP contribution in [0.1, 0.15) is 19.4 Å². The second-order valence-corrected chi connectivity index (χ2v) is 4.03. The van der Waals surface area contributed by atoms with E-state index in [0.717, 1.165) is 11.3 Å². The molecule has 3 heteroatoms. The predicted molar refractivity (Wildman–Crippen MR) is 61.1 cm³/mol. The van der Waals surface area contributed by atoms with E-state index in [-0.39, 0.29) is 5.78 Å². The Bertz CT molecular complexity index is 434. The van der Waals surface area contributed by atoms with Crippen LogP contribution in [0.2, 0.25) is 0 Å². The number of methoxy groups -OCH3 is 1. The quantitative estimate of drug-likeness (QED) is 0.777. The minimum atomic E-state index is -0.952. The lowest BCUT2D eigenvalue weighted by Crippen LogP contribution is -2.26. The lowest BCUT2D eigenvalue weighted by Gasteiger charge is -2.18. The number of Topliss-reactive ketones (excluding diaryl/α,β-unsaturated/α-hetero) is 1. The molecule has 0 aliphatic carbocycles. The number of nitriles is 1. The van der Waals surface area contributed by atoms with Crippen LogP contribution in [0.4, 0.5) is 0 Å². The van der Waals surface area contributed by atoms with Crippen molar-refractivity contribution in [2.75, 3.05) is 7.11 Å². The largest absolute Gasteiger partial charge is 0.497 e. The number of rotatable bonds is 4. The molecule has 3 nitrogen and oxygen atoms in total.